The normalized spacial score (nSPS) is 15.4. The van der Waals surface area contributed by atoms with Gasteiger partial charge in [-0.05, 0) is 37.0 Å². The van der Waals surface area contributed by atoms with Gasteiger partial charge < -0.3 is 4.90 Å². The van der Waals surface area contributed by atoms with E-state index in [0.29, 0.717) is 5.82 Å². The Morgan fingerprint density at radius 1 is 1.35 bits per heavy atom. The topological polar surface area (TPSA) is 16.1 Å². The summed E-state index contributed by atoms with van der Waals surface area (Å²) in [4.78, 5) is 5.75. The van der Waals surface area contributed by atoms with E-state index in [4.69, 9.17) is 11.6 Å². The second-order valence-corrected chi connectivity index (χ2v) is 5.45. The first kappa shape index (κ1) is 15.4. The van der Waals surface area contributed by atoms with Crippen LogP contribution in [-0.2, 0) is 12.3 Å². The molecule has 1 aromatic rings. The fourth-order valence-electron chi connectivity index (χ4n) is 2.22. The number of aryl methyl sites for hydroxylation is 1. The van der Waals surface area contributed by atoms with Gasteiger partial charge in [0.1, 0.15) is 12.4 Å². The number of halogens is 4. The molecule has 0 saturated heterocycles. The molecule has 1 aliphatic carbocycles. The third-order valence-corrected chi connectivity index (χ3v) is 3.53. The minimum absolute atomic E-state index is 0.0378. The van der Waals surface area contributed by atoms with Crippen molar-refractivity contribution >= 4 is 17.4 Å². The molecule has 0 spiro atoms. The summed E-state index contributed by atoms with van der Waals surface area (Å²) in [5.41, 5.74) is 1.64. The molecule has 112 valence electrons. The molecule has 0 radical (unpaired) electrons. The molecule has 0 unspecified atom stereocenters. The van der Waals surface area contributed by atoms with Crippen LogP contribution in [0.25, 0.3) is 0 Å². The van der Waals surface area contributed by atoms with Crippen LogP contribution in [0.5, 0.6) is 0 Å². The number of pyridine rings is 1. The molecule has 0 atom stereocenters. The van der Waals surface area contributed by atoms with Gasteiger partial charge in [0.15, 0.2) is 0 Å². The molecule has 0 bridgehead atoms. The van der Waals surface area contributed by atoms with Gasteiger partial charge in [-0.2, -0.15) is 13.2 Å². The van der Waals surface area contributed by atoms with E-state index in [1.165, 1.54) is 4.90 Å². The van der Waals surface area contributed by atoms with E-state index in [-0.39, 0.29) is 11.9 Å². The van der Waals surface area contributed by atoms with Gasteiger partial charge in [0.05, 0.1) is 0 Å². The van der Waals surface area contributed by atoms with Crippen LogP contribution in [0, 0.1) is 0 Å². The zero-order chi connectivity index (χ0) is 14.8. The SMILES string of the molecule is CCCc1cc(CCl)cc(N(CC(F)(F)F)C2CC2)n1. The smallest absolute Gasteiger partial charge is 0.345 e. The molecule has 1 heterocycles. The maximum absolute atomic E-state index is 12.7. The van der Waals surface area contributed by atoms with Crippen LogP contribution in [0.1, 0.15) is 37.4 Å². The first-order valence-electron chi connectivity index (χ1n) is 6.82. The third-order valence-electron chi connectivity index (χ3n) is 3.22. The zero-order valence-corrected chi connectivity index (χ0v) is 12.1. The zero-order valence-electron chi connectivity index (χ0n) is 11.4. The van der Waals surface area contributed by atoms with Gasteiger partial charge in [-0.3, -0.25) is 0 Å². The van der Waals surface area contributed by atoms with Crippen molar-refractivity contribution in [1.82, 2.24) is 4.98 Å². The van der Waals surface area contributed by atoms with E-state index in [1.54, 1.807) is 6.07 Å². The number of anilines is 1. The molecule has 1 aromatic heterocycles. The van der Waals surface area contributed by atoms with Crippen LogP contribution >= 0.6 is 11.6 Å². The average molecular weight is 307 g/mol. The van der Waals surface area contributed by atoms with Crippen LogP contribution < -0.4 is 4.90 Å². The van der Waals surface area contributed by atoms with E-state index >= 15 is 0 Å². The monoisotopic (exact) mass is 306 g/mol. The Labute approximate surface area is 121 Å². The predicted octanol–water partition coefficient (Wildman–Crippen LogP) is 4.30. The molecule has 2 nitrogen and oxygen atoms in total. The Morgan fingerprint density at radius 3 is 2.55 bits per heavy atom. The molecule has 20 heavy (non-hydrogen) atoms. The first-order chi connectivity index (χ1) is 9.43. The number of nitrogens with zero attached hydrogens (tertiary/aromatic N) is 2. The Morgan fingerprint density at radius 2 is 2.05 bits per heavy atom. The molecule has 0 amide bonds. The van der Waals surface area contributed by atoms with Crippen molar-refractivity contribution in [1.29, 1.82) is 0 Å². The van der Waals surface area contributed by atoms with Gasteiger partial charge in [0.25, 0.3) is 0 Å². The maximum Gasteiger partial charge on any atom is 0.405 e. The van der Waals surface area contributed by atoms with Crippen LogP contribution in [-0.4, -0.2) is 23.7 Å². The number of rotatable bonds is 6. The molecule has 1 aliphatic rings. The molecule has 0 N–H and O–H groups in total. The van der Waals surface area contributed by atoms with Gasteiger partial charge >= 0.3 is 6.18 Å². The molecular formula is C14H18ClF3N2. The van der Waals surface area contributed by atoms with Crippen molar-refractivity contribution in [3.8, 4) is 0 Å². The highest BCUT2D eigenvalue weighted by atomic mass is 35.5. The van der Waals surface area contributed by atoms with E-state index in [2.05, 4.69) is 4.98 Å². The molecule has 1 fully saturated rings. The summed E-state index contributed by atoms with van der Waals surface area (Å²) in [7, 11) is 0. The fourth-order valence-corrected chi connectivity index (χ4v) is 2.37. The summed E-state index contributed by atoms with van der Waals surface area (Å²) < 4.78 is 38.1. The largest absolute Gasteiger partial charge is 0.405 e. The second-order valence-electron chi connectivity index (χ2n) is 5.18. The standard InChI is InChI=1S/C14H18ClF3N2/c1-2-3-11-6-10(8-15)7-13(19-11)20(12-4-5-12)9-14(16,17)18/h6-7,12H,2-5,8-9H2,1H3. The van der Waals surface area contributed by atoms with Gasteiger partial charge in [-0.25, -0.2) is 4.98 Å². The number of aromatic nitrogens is 1. The van der Waals surface area contributed by atoms with Crippen molar-refractivity contribution < 1.29 is 13.2 Å². The van der Waals surface area contributed by atoms with Gasteiger partial charge in [0, 0.05) is 17.6 Å². The lowest BCUT2D eigenvalue weighted by Gasteiger charge is -2.25. The van der Waals surface area contributed by atoms with Gasteiger partial charge in [-0.15, -0.1) is 11.6 Å². The highest BCUT2D eigenvalue weighted by molar-refractivity contribution is 6.17. The van der Waals surface area contributed by atoms with Crippen LogP contribution in [0.4, 0.5) is 19.0 Å². The summed E-state index contributed by atoms with van der Waals surface area (Å²) in [5, 5.41) is 0. The molecule has 0 aliphatic heterocycles. The number of hydrogen-bond donors (Lipinski definition) is 0. The van der Waals surface area contributed by atoms with E-state index < -0.39 is 12.7 Å². The molecule has 6 heteroatoms. The van der Waals surface area contributed by atoms with Crippen molar-refractivity contribution in [2.24, 2.45) is 0 Å². The van der Waals surface area contributed by atoms with Crippen molar-refractivity contribution in [2.75, 3.05) is 11.4 Å². The highest BCUT2D eigenvalue weighted by Crippen LogP contribution is 2.34. The minimum atomic E-state index is -4.22. The predicted molar refractivity (Wildman–Crippen MR) is 74.2 cm³/mol. The summed E-state index contributed by atoms with van der Waals surface area (Å²) in [6.07, 6.45) is -0.965. The molecule has 2 rings (SSSR count). The van der Waals surface area contributed by atoms with Crippen molar-refractivity contribution in [2.45, 2.75) is 50.7 Å². The summed E-state index contributed by atoms with van der Waals surface area (Å²) in [5.74, 6) is 0.697. The highest BCUT2D eigenvalue weighted by Gasteiger charge is 2.38. The van der Waals surface area contributed by atoms with Crippen LogP contribution in [0.15, 0.2) is 12.1 Å². The molecular weight excluding hydrogens is 289 g/mol. The fraction of sp³-hybridized carbons (Fsp3) is 0.643. The lowest BCUT2D eigenvalue weighted by molar-refractivity contribution is -0.120. The Balaban J connectivity index is 2.29. The number of alkyl halides is 4. The van der Waals surface area contributed by atoms with Gasteiger partial charge in [-0.1, -0.05) is 13.3 Å². The Bertz CT molecular complexity index is 458. The van der Waals surface area contributed by atoms with E-state index in [0.717, 1.165) is 36.9 Å². The van der Waals surface area contributed by atoms with Crippen molar-refractivity contribution in [3.05, 3.63) is 23.4 Å². The van der Waals surface area contributed by atoms with Crippen LogP contribution in [0.3, 0.4) is 0 Å². The second kappa shape index (κ2) is 6.20. The third kappa shape index (κ3) is 4.27. The van der Waals surface area contributed by atoms with E-state index in [1.807, 2.05) is 13.0 Å². The van der Waals surface area contributed by atoms with E-state index in [9.17, 15) is 13.2 Å². The quantitative estimate of drug-likeness (QED) is 0.728. The number of hydrogen-bond acceptors (Lipinski definition) is 2. The average Bonchev–Trinajstić information content (AvgIpc) is 3.19. The van der Waals surface area contributed by atoms with Crippen LogP contribution in [0.2, 0.25) is 0 Å². The molecule has 1 saturated carbocycles. The summed E-state index contributed by atoms with van der Waals surface area (Å²) in [6, 6.07) is 3.51. The Hall–Kier alpha value is -0.970. The van der Waals surface area contributed by atoms with Crippen molar-refractivity contribution in [3.63, 3.8) is 0 Å². The maximum atomic E-state index is 12.7. The summed E-state index contributed by atoms with van der Waals surface area (Å²) >= 11 is 5.84. The van der Waals surface area contributed by atoms with Gasteiger partial charge in [0.2, 0.25) is 0 Å². The minimum Gasteiger partial charge on any atom is -0.345 e. The summed E-state index contributed by atoms with van der Waals surface area (Å²) in [6.45, 7) is 1.07. The lowest BCUT2D eigenvalue weighted by atomic mass is 10.1. The Kier molecular flexibility index (Phi) is 4.78. The molecule has 0 aromatic carbocycles. The lowest BCUT2D eigenvalue weighted by Crippen LogP contribution is -2.36. The first-order valence-corrected chi connectivity index (χ1v) is 7.35.